The predicted molar refractivity (Wildman–Crippen MR) is 72.6 cm³/mol. The molecule has 0 radical (unpaired) electrons. The molecule has 2 rings (SSSR count). The van der Waals surface area contributed by atoms with Crippen LogP contribution in [0.4, 0.5) is 26.3 Å². The van der Waals surface area contributed by atoms with Crippen LogP contribution in [0.5, 0.6) is 0 Å². The van der Waals surface area contributed by atoms with Crippen molar-refractivity contribution in [2.24, 2.45) is 0 Å². The highest BCUT2D eigenvalue weighted by atomic mass is 35.5. The van der Waals surface area contributed by atoms with Crippen molar-refractivity contribution in [1.82, 2.24) is 9.97 Å². The Morgan fingerprint density at radius 3 is 1.35 bits per heavy atom. The van der Waals surface area contributed by atoms with E-state index < -0.39 is 23.5 Å². The Bertz CT molecular complexity index is 671. The molecule has 0 aromatic carbocycles. The summed E-state index contributed by atoms with van der Waals surface area (Å²) in [4.78, 5) is 7.08. The number of rotatable bonds is 2. The summed E-state index contributed by atoms with van der Waals surface area (Å²) < 4.78 is 75.0. The molecule has 2 aromatic rings. The van der Waals surface area contributed by atoms with E-state index in [0.29, 0.717) is 36.3 Å². The van der Waals surface area contributed by atoms with Crippen molar-refractivity contribution < 1.29 is 26.3 Å². The average Bonchev–Trinajstić information content (AvgIpc) is 2.40. The van der Waals surface area contributed by atoms with Gasteiger partial charge in [0.2, 0.25) is 0 Å². The third kappa shape index (κ3) is 4.42. The lowest BCUT2D eigenvalue weighted by molar-refractivity contribution is -0.138. The van der Waals surface area contributed by atoms with Gasteiger partial charge in [0.1, 0.15) is 10.1 Å². The molecule has 0 saturated carbocycles. The van der Waals surface area contributed by atoms with Gasteiger partial charge in [-0.25, -0.2) is 9.97 Å². The number of hydrogen-bond acceptors (Lipinski definition) is 3. The molecule has 0 aliphatic rings. The van der Waals surface area contributed by atoms with Gasteiger partial charge in [0.25, 0.3) is 0 Å². The van der Waals surface area contributed by atoms with Crippen molar-refractivity contribution in [2.75, 3.05) is 0 Å². The molecular formula is C12H4Cl2F6N2S. The minimum absolute atomic E-state index is 0.0613. The Labute approximate surface area is 139 Å². The van der Waals surface area contributed by atoms with Crippen molar-refractivity contribution in [2.45, 2.75) is 22.4 Å². The molecule has 2 aromatic heterocycles. The van der Waals surface area contributed by atoms with Crippen LogP contribution in [-0.4, -0.2) is 9.97 Å². The minimum atomic E-state index is -4.61. The van der Waals surface area contributed by atoms with Crippen LogP contribution in [0, 0.1) is 0 Å². The second-order valence-corrected chi connectivity index (χ2v) is 5.91. The van der Waals surface area contributed by atoms with E-state index in [1.807, 2.05) is 0 Å². The van der Waals surface area contributed by atoms with Crippen LogP contribution < -0.4 is 0 Å². The van der Waals surface area contributed by atoms with E-state index in [0.717, 1.165) is 0 Å². The Hall–Kier alpha value is -1.19. The zero-order chi connectivity index (χ0) is 17.4. The molecule has 2 nitrogen and oxygen atoms in total. The minimum Gasteiger partial charge on any atom is -0.247 e. The molecule has 0 unspecified atom stereocenters. The van der Waals surface area contributed by atoms with Gasteiger partial charge in [-0.2, -0.15) is 26.3 Å². The second kappa shape index (κ2) is 6.37. The van der Waals surface area contributed by atoms with Crippen LogP contribution >= 0.6 is 35.0 Å². The van der Waals surface area contributed by atoms with E-state index in [1.54, 1.807) is 0 Å². The summed E-state index contributed by atoms with van der Waals surface area (Å²) in [5.41, 5.74) is -2.09. The van der Waals surface area contributed by atoms with Gasteiger partial charge in [0.05, 0.1) is 21.2 Å². The van der Waals surface area contributed by atoms with E-state index in [1.165, 1.54) is 0 Å². The van der Waals surface area contributed by atoms with Crippen molar-refractivity contribution in [1.29, 1.82) is 0 Å². The van der Waals surface area contributed by atoms with E-state index in [9.17, 15) is 26.3 Å². The van der Waals surface area contributed by atoms with Crippen LogP contribution in [0.1, 0.15) is 11.1 Å². The first kappa shape index (κ1) is 18.2. The lowest BCUT2D eigenvalue weighted by Crippen LogP contribution is -2.06. The summed E-state index contributed by atoms with van der Waals surface area (Å²) in [5.74, 6) is 0. The molecule has 0 aliphatic heterocycles. The summed E-state index contributed by atoms with van der Waals surface area (Å²) in [6.07, 6.45) is -8.09. The van der Waals surface area contributed by atoms with Gasteiger partial charge in [-0.1, -0.05) is 23.2 Å². The SMILES string of the molecule is FC(F)(F)c1cnc(Sc2ncc(C(F)(F)F)cc2Cl)c(Cl)c1. The fourth-order valence-corrected chi connectivity index (χ4v) is 2.67. The van der Waals surface area contributed by atoms with Gasteiger partial charge in [0, 0.05) is 12.4 Å². The third-order valence-electron chi connectivity index (χ3n) is 2.46. The standard InChI is InChI=1S/C12H4Cl2F6N2S/c13-7-1-5(11(15,16)17)3-21-9(7)23-10-8(14)2-6(4-22-10)12(18,19)20/h1-4H. The fourth-order valence-electron chi connectivity index (χ4n) is 1.40. The molecule has 0 amide bonds. The van der Waals surface area contributed by atoms with E-state index >= 15 is 0 Å². The number of halogens is 8. The highest BCUT2D eigenvalue weighted by Gasteiger charge is 2.33. The summed E-state index contributed by atoms with van der Waals surface area (Å²) >= 11 is 12.1. The Balaban J connectivity index is 2.30. The highest BCUT2D eigenvalue weighted by Crippen LogP contribution is 2.39. The van der Waals surface area contributed by atoms with Gasteiger partial charge in [0.15, 0.2) is 0 Å². The summed E-state index contributed by atoms with van der Waals surface area (Å²) in [5, 5.41) is -0.757. The number of pyridine rings is 2. The van der Waals surface area contributed by atoms with Crippen LogP contribution in [0.2, 0.25) is 10.0 Å². The fraction of sp³-hybridized carbons (Fsp3) is 0.167. The van der Waals surface area contributed by atoms with Crippen LogP contribution in [0.25, 0.3) is 0 Å². The van der Waals surface area contributed by atoms with Gasteiger partial charge in [-0.15, -0.1) is 0 Å². The molecule has 124 valence electrons. The van der Waals surface area contributed by atoms with Gasteiger partial charge in [-0.3, -0.25) is 0 Å². The lowest BCUT2D eigenvalue weighted by atomic mass is 10.3. The maximum Gasteiger partial charge on any atom is 0.417 e. The quantitative estimate of drug-likeness (QED) is 0.588. The molecule has 11 heteroatoms. The highest BCUT2D eigenvalue weighted by molar-refractivity contribution is 7.99. The smallest absolute Gasteiger partial charge is 0.247 e. The molecule has 0 aliphatic carbocycles. The molecule has 0 fully saturated rings. The number of alkyl halides is 6. The number of aromatic nitrogens is 2. The summed E-state index contributed by atoms with van der Waals surface area (Å²) in [7, 11) is 0. The topological polar surface area (TPSA) is 25.8 Å². The maximum absolute atomic E-state index is 12.5. The molecule has 0 saturated heterocycles. The molecule has 0 atom stereocenters. The zero-order valence-electron chi connectivity index (χ0n) is 10.6. The first-order chi connectivity index (χ1) is 10.5. The van der Waals surface area contributed by atoms with E-state index in [2.05, 4.69) is 9.97 Å². The van der Waals surface area contributed by atoms with Crippen molar-refractivity contribution in [3.8, 4) is 0 Å². The zero-order valence-corrected chi connectivity index (χ0v) is 13.0. The van der Waals surface area contributed by atoms with E-state index in [-0.39, 0.29) is 20.1 Å². The predicted octanol–water partition coefficient (Wildman–Crippen LogP) is 5.97. The Morgan fingerprint density at radius 2 is 1.09 bits per heavy atom. The van der Waals surface area contributed by atoms with Crippen LogP contribution in [0.15, 0.2) is 34.6 Å². The van der Waals surface area contributed by atoms with Crippen LogP contribution in [-0.2, 0) is 12.4 Å². The largest absolute Gasteiger partial charge is 0.417 e. The van der Waals surface area contributed by atoms with Gasteiger partial charge < -0.3 is 0 Å². The Morgan fingerprint density at radius 1 is 0.739 bits per heavy atom. The normalized spacial score (nSPS) is 12.5. The van der Waals surface area contributed by atoms with Crippen molar-refractivity contribution >= 4 is 35.0 Å². The summed E-state index contributed by atoms with van der Waals surface area (Å²) in [6.45, 7) is 0. The van der Waals surface area contributed by atoms with E-state index in [4.69, 9.17) is 23.2 Å². The third-order valence-corrected chi connectivity index (χ3v) is 4.30. The lowest BCUT2D eigenvalue weighted by Gasteiger charge is -2.10. The molecule has 2 heterocycles. The second-order valence-electron chi connectivity index (χ2n) is 4.12. The van der Waals surface area contributed by atoms with Gasteiger partial charge in [-0.05, 0) is 23.9 Å². The first-order valence-corrected chi connectivity index (χ1v) is 7.19. The number of nitrogens with zero attached hydrogens (tertiary/aromatic N) is 2. The van der Waals surface area contributed by atoms with Crippen molar-refractivity contribution in [3.05, 3.63) is 45.7 Å². The molecule has 23 heavy (non-hydrogen) atoms. The molecular weight excluding hydrogens is 389 g/mol. The molecule has 0 spiro atoms. The summed E-state index contributed by atoms with van der Waals surface area (Å²) in [6, 6.07) is 1.32. The van der Waals surface area contributed by atoms with Crippen molar-refractivity contribution in [3.63, 3.8) is 0 Å². The molecule has 0 N–H and O–H groups in total. The number of hydrogen-bond donors (Lipinski definition) is 0. The molecule has 0 bridgehead atoms. The Kier molecular flexibility index (Phi) is 5.03. The monoisotopic (exact) mass is 392 g/mol. The van der Waals surface area contributed by atoms with Crippen LogP contribution in [0.3, 0.4) is 0 Å². The first-order valence-electron chi connectivity index (χ1n) is 5.62. The average molecular weight is 393 g/mol. The maximum atomic E-state index is 12.5. The van der Waals surface area contributed by atoms with Gasteiger partial charge >= 0.3 is 12.4 Å².